The fourth-order valence-corrected chi connectivity index (χ4v) is 0.954. The van der Waals surface area contributed by atoms with Gasteiger partial charge in [0, 0.05) is 25.5 Å². The first-order valence-electron chi connectivity index (χ1n) is 4.16. The number of aromatic nitrogens is 2. The lowest BCUT2D eigenvalue weighted by atomic mass is 10.3. The van der Waals surface area contributed by atoms with Crippen LogP contribution in [0.25, 0.3) is 0 Å². The molecule has 3 N–H and O–H groups in total. The van der Waals surface area contributed by atoms with Gasteiger partial charge in [-0.25, -0.2) is 4.98 Å². The van der Waals surface area contributed by atoms with Crippen molar-refractivity contribution >= 4 is 5.91 Å². The number of amides is 1. The zero-order valence-electron chi connectivity index (χ0n) is 7.79. The van der Waals surface area contributed by atoms with Gasteiger partial charge < -0.3 is 15.6 Å². The molecule has 0 spiro atoms. The molecule has 0 aliphatic rings. The second-order valence-electron chi connectivity index (χ2n) is 2.79. The van der Waals surface area contributed by atoms with Crippen molar-refractivity contribution in [1.82, 2.24) is 20.6 Å². The molecule has 0 aliphatic heterocycles. The summed E-state index contributed by atoms with van der Waals surface area (Å²) in [6.45, 7) is 2.43. The number of hydrogen-bond donors (Lipinski definition) is 3. The Kier molecular flexibility index (Phi) is 3.45. The molecule has 0 fully saturated rings. The van der Waals surface area contributed by atoms with Crippen LogP contribution in [-0.2, 0) is 11.3 Å². The monoisotopic (exact) mass is 182 g/mol. The molecule has 72 valence electrons. The van der Waals surface area contributed by atoms with Crippen molar-refractivity contribution in [2.45, 2.75) is 19.5 Å². The minimum Gasteiger partial charge on any atom is -0.358 e. The van der Waals surface area contributed by atoms with Crippen molar-refractivity contribution < 1.29 is 4.79 Å². The van der Waals surface area contributed by atoms with Crippen molar-refractivity contribution in [2.75, 3.05) is 7.05 Å². The van der Waals surface area contributed by atoms with Crippen LogP contribution in [0.4, 0.5) is 0 Å². The van der Waals surface area contributed by atoms with Crippen LogP contribution < -0.4 is 10.6 Å². The van der Waals surface area contributed by atoms with Gasteiger partial charge in [0.15, 0.2) is 0 Å². The molecule has 5 nitrogen and oxygen atoms in total. The van der Waals surface area contributed by atoms with Crippen LogP contribution in [-0.4, -0.2) is 29.0 Å². The lowest BCUT2D eigenvalue weighted by Gasteiger charge is -2.10. The summed E-state index contributed by atoms with van der Waals surface area (Å²) in [5, 5.41) is 5.62. The van der Waals surface area contributed by atoms with E-state index in [2.05, 4.69) is 20.6 Å². The molecule has 0 aromatic carbocycles. The highest BCUT2D eigenvalue weighted by Gasteiger charge is 2.09. The van der Waals surface area contributed by atoms with Gasteiger partial charge in [-0.05, 0) is 6.92 Å². The van der Waals surface area contributed by atoms with Gasteiger partial charge in [0.1, 0.15) is 0 Å². The zero-order chi connectivity index (χ0) is 9.68. The molecule has 0 aliphatic carbocycles. The molecular formula is C8H14N4O. The second-order valence-corrected chi connectivity index (χ2v) is 2.79. The van der Waals surface area contributed by atoms with Crippen LogP contribution >= 0.6 is 0 Å². The number of likely N-dealkylation sites (N-methyl/N-ethyl adjacent to an activating group) is 1. The lowest BCUT2D eigenvalue weighted by Crippen LogP contribution is -2.40. The highest BCUT2D eigenvalue weighted by atomic mass is 16.2. The van der Waals surface area contributed by atoms with E-state index in [1.165, 1.54) is 0 Å². The van der Waals surface area contributed by atoms with Crippen molar-refractivity contribution in [2.24, 2.45) is 0 Å². The van der Waals surface area contributed by atoms with Gasteiger partial charge in [-0.1, -0.05) is 0 Å². The van der Waals surface area contributed by atoms with Crippen LogP contribution in [0.2, 0.25) is 0 Å². The number of nitrogens with one attached hydrogen (secondary N) is 3. The quantitative estimate of drug-likeness (QED) is 0.595. The Hall–Kier alpha value is -1.36. The number of imidazole rings is 1. The number of hydrogen-bond acceptors (Lipinski definition) is 3. The first-order chi connectivity index (χ1) is 6.24. The summed E-state index contributed by atoms with van der Waals surface area (Å²) in [4.78, 5) is 17.9. The average molecular weight is 182 g/mol. The number of nitrogens with zero attached hydrogens (tertiary/aromatic N) is 1. The molecule has 1 atom stereocenters. The van der Waals surface area contributed by atoms with Crippen LogP contribution in [0.1, 0.15) is 12.6 Å². The molecule has 0 saturated heterocycles. The number of H-pyrrole nitrogens is 1. The van der Waals surface area contributed by atoms with E-state index < -0.39 is 0 Å². The van der Waals surface area contributed by atoms with Crippen molar-refractivity contribution in [1.29, 1.82) is 0 Å². The van der Waals surface area contributed by atoms with Gasteiger partial charge in [-0.2, -0.15) is 0 Å². The fourth-order valence-electron chi connectivity index (χ4n) is 0.954. The van der Waals surface area contributed by atoms with Crippen molar-refractivity contribution in [3.63, 3.8) is 0 Å². The Morgan fingerprint density at radius 3 is 3.08 bits per heavy atom. The van der Waals surface area contributed by atoms with E-state index in [1.54, 1.807) is 19.6 Å². The van der Waals surface area contributed by atoms with Gasteiger partial charge in [0.2, 0.25) is 5.91 Å². The predicted molar refractivity (Wildman–Crippen MR) is 49.0 cm³/mol. The van der Waals surface area contributed by atoms with Gasteiger partial charge in [-0.15, -0.1) is 0 Å². The van der Waals surface area contributed by atoms with Crippen molar-refractivity contribution in [3.8, 4) is 0 Å². The lowest BCUT2D eigenvalue weighted by molar-refractivity contribution is -0.122. The minimum atomic E-state index is -0.187. The largest absolute Gasteiger partial charge is 0.358 e. The molecule has 1 unspecified atom stereocenters. The molecule has 0 radical (unpaired) electrons. The molecule has 1 heterocycles. The Balaban J connectivity index is 2.30. The topological polar surface area (TPSA) is 69.8 Å². The maximum atomic E-state index is 11.1. The van der Waals surface area contributed by atoms with E-state index in [-0.39, 0.29) is 11.9 Å². The predicted octanol–water partition coefficient (Wildman–Crippen LogP) is -0.366. The SMILES string of the molecule is CNC(=O)C(C)NCc1cnc[nH]1. The van der Waals surface area contributed by atoms with Gasteiger partial charge in [0.25, 0.3) is 0 Å². The summed E-state index contributed by atoms with van der Waals surface area (Å²) in [7, 11) is 1.62. The third kappa shape index (κ3) is 2.87. The highest BCUT2D eigenvalue weighted by molar-refractivity contribution is 5.80. The first-order valence-corrected chi connectivity index (χ1v) is 4.16. The number of rotatable bonds is 4. The van der Waals surface area contributed by atoms with Crippen molar-refractivity contribution in [3.05, 3.63) is 18.2 Å². The minimum absolute atomic E-state index is 0.0143. The Labute approximate surface area is 76.9 Å². The van der Waals surface area contributed by atoms with Crippen LogP contribution in [0.5, 0.6) is 0 Å². The molecule has 13 heavy (non-hydrogen) atoms. The van der Waals surface area contributed by atoms with Crippen LogP contribution in [0.15, 0.2) is 12.5 Å². The number of carbonyl (C=O) groups excluding carboxylic acids is 1. The Morgan fingerprint density at radius 1 is 1.77 bits per heavy atom. The van der Waals surface area contributed by atoms with E-state index in [0.29, 0.717) is 6.54 Å². The first kappa shape index (κ1) is 9.73. The third-order valence-corrected chi connectivity index (χ3v) is 1.79. The smallest absolute Gasteiger partial charge is 0.236 e. The second kappa shape index (κ2) is 4.61. The molecule has 1 amide bonds. The summed E-state index contributed by atoms with van der Waals surface area (Å²) >= 11 is 0. The maximum absolute atomic E-state index is 11.1. The Bertz CT molecular complexity index is 257. The maximum Gasteiger partial charge on any atom is 0.236 e. The zero-order valence-corrected chi connectivity index (χ0v) is 7.79. The van der Waals surface area contributed by atoms with Crippen LogP contribution in [0.3, 0.4) is 0 Å². The number of aromatic amines is 1. The molecule has 0 bridgehead atoms. The van der Waals surface area contributed by atoms with Gasteiger partial charge in [-0.3, -0.25) is 4.79 Å². The molecular weight excluding hydrogens is 168 g/mol. The summed E-state index contributed by atoms with van der Waals surface area (Å²) in [6.07, 6.45) is 3.34. The molecule has 0 saturated carbocycles. The summed E-state index contributed by atoms with van der Waals surface area (Å²) in [5.41, 5.74) is 0.968. The van der Waals surface area contributed by atoms with E-state index in [4.69, 9.17) is 0 Å². The molecule has 5 heteroatoms. The van der Waals surface area contributed by atoms with E-state index in [1.807, 2.05) is 6.92 Å². The normalized spacial score (nSPS) is 12.5. The average Bonchev–Trinajstić information content (AvgIpc) is 2.65. The molecule has 1 aromatic heterocycles. The molecule has 1 aromatic rings. The third-order valence-electron chi connectivity index (χ3n) is 1.79. The number of carbonyl (C=O) groups is 1. The Morgan fingerprint density at radius 2 is 2.54 bits per heavy atom. The highest BCUT2D eigenvalue weighted by Crippen LogP contribution is 1.91. The van der Waals surface area contributed by atoms with E-state index in [9.17, 15) is 4.79 Å². The fraction of sp³-hybridized carbons (Fsp3) is 0.500. The summed E-state index contributed by atoms with van der Waals surface area (Å²) in [6, 6.07) is -0.187. The van der Waals surface area contributed by atoms with E-state index in [0.717, 1.165) is 5.69 Å². The van der Waals surface area contributed by atoms with Crippen LogP contribution in [0, 0.1) is 0 Å². The van der Waals surface area contributed by atoms with Gasteiger partial charge >= 0.3 is 0 Å². The summed E-state index contributed by atoms with van der Waals surface area (Å²) < 4.78 is 0. The summed E-state index contributed by atoms with van der Waals surface area (Å²) in [5.74, 6) is -0.0143. The van der Waals surface area contributed by atoms with Gasteiger partial charge in [0.05, 0.1) is 12.4 Å². The molecule has 1 rings (SSSR count). The standard InChI is InChI=1S/C8H14N4O/c1-6(8(13)9-2)11-4-7-3-10-5-12-7/h3,5-6,11H,4H2,1-2H3,(H,9,13)(H,10,12). The van der Waals surface area contributed by atoms with E-state index >= 15 is 0 Å².